The van der Waals surface area contributed by atoms with Gasteiger partial charge in [0.15, 0.2) is 0 Å². The molecule has 1 aliphatic rings. The number of phenolic OH excluding ortho intramolecular Hbond substituents is 1. The summed E-state index contributed by atoms with van der Waals surface area (Å²) in [5, 5.41) is 27.1. The molecule has 6 aromatic rings. The van der Waals surface area contributed by atoms with E-state index in [1.165, 1.54) is 23.1 Å². The maximum absolute atomic E-state index is 13.9. The molecule has 1 heterocycles. The van der Waals surface area contributed by atoms with Crippen LogP contribution in [0.5, 0.6) is 17.2 Å². The summed E-state index contributed by atoms with van der Waals surface area (Å²) in [7, 11) is 7.80. The molecule has 6 aromatic carbocycles. The molecule has 2 amide bonds. The molecule has 7 rings (SSSR count). The summed E-state index contributed by atoms with van der Waals surface area (Å²) >= 11 is 1.57. The number of benzene rings is 6. The number of nitro benzene ring substituents is 1. The Morgan fingerprint density at radius 3 is 2.04 bits per heavy atom. The minimum absolute atomic E-state index is 0.0710. The molecular weight excluding hydrogens is 719 g/mol. The Kier molecular flexibility index (Phi) is 9.96. The summed E-state index contributed by atoms with van der Waals surface area (Å²) in [6.07, 6.45) is -0.645. The number of carbonyl (C=O) groups is 2. The molecule has 12 nitrogen and oxygen atoms in total. The monoisotopic (exact) mass is 755 g/mol. The van der Waals surface area contributed by atoms with Crippen LogP contribution in [0.2, 0.25) is 0 Å². The molecule has 0 fully saturated rings. The number of fused-ring (bicyclic) bond motifs is 3. The Balaban J connectivity index is 1.17. The normalized spacial score (nSPS) is 11.7. The molecule has 0 saturated carbocycles. The maximum Gasteiger partial charge on any atom is 0.419 e. The van der Waals surface area contributed by atoms with Crippen molar-refractivity contribution in [1.29, 1.82) is 0 Å². The average molecular weight is 756 g/mol. The zero-order valence-electron chi connectivity index (χ0n) is 30.7. The second-order valence-corrected chi connectivity index (χ2v) is 14.4. The van der Waals surface area contributed by atoms with Gasteiger partial charge in [-0.15, -0.1) is 0 Å². The number of anilines is 5. The molecule has 0 spiro atoms. The van der Waals surface area contributed by atoms with E-state index in [9.17, 15) is 24.8 Å². The van der Waals surface area contributed by atoms with Gasteiger partial charge in [0, 0.05) is 71.9 Å². The van der Waals surface area contributed by atoms with E-state index in [1.54, 1.807) is 54.2 Å². The lowest BCUT2D eigenvalue weighted by molar-refractivity contribution is -0.385. The fourth-order valence-electron chi connectivity index (χ4n) is 6.24. The minimum atomic E-state index is -0.645. The molecule has 0 saturated heterocycles. The van der Waals surface area contributed by atoms with Crippen molar-refractivity contribution in [2.75, 3.05) is 48.2 Å². The molecule has 13 heteroatoms. The van der Waals surface area contributed by atoms with Crippen LogP contribution in [0.3, 0.4) is 0 Å². The molecular formula is C42H37N5O7S. The molecule has 0 atom stereocenters. The van der Waals surface area contributed by atoms with E-state index in [4.69, 9.17) is 9.47 Å². The standard InChI is InChI=1S/C42H37N5O7S/c1-25-10-6-9-13-32(25)43-41(49)31-23-37(29-11-7-8-12-30(29)40(31)48)54-36-19-14-26(20-35(36)47(51)52)24-53-42(50)46-33-17-15-27(44(2)3)21-38(33)55-39-22-28(45(4)5)16-18-34(39)46/h6-23,48H,24H2,1-5H3,(H,43,49). The first kappa shape index (κ1) is 36.6. The number of hydrogen-bond donors (Lipinski definition) is 2. The molecule has 0 radical (unpaired) electrons. The van der Waals surface area contributed by atoms with Crippen LogP contribution in [0.4, 0.5) is 38.9 Å². The van der Waals surface area contributed by atoms with Crippen LogP contribution < -0.4 is 24.8 Å². The summed E-state index contributed by atoms with van der Waals surface area (Å²) in [5.74, 6) is -0.816. The van der Waals surface area contributed by atoms with Crippen LogP contribution in [0.15, 0.2) is 119 Å². The van der Waals surface area contributed by atoms with E-state index in [0.717, 1.165) is 26.7 Å². The van der Waals surface area contributed by atoms with Crippen molar-refractivity contribution in [3.63, 3.8) is 0 Å². The van der Waals surface area contributed by atoms with Crippen molar-refractivity contribution in [3.05, 3.63) is 136 Å². The van der Waals surface area contributed by atoms with E-state index < -0.39 is 16.9 Å². The van der Waals surface area contributed by atoms with Gasteiger partial charge in [-0.25, -0.2) is 9.69 Å². The number of ether oxygens (including phenoxy) is 2. The highest BCUT2D eigenvalue weighted by Crippen LogP contribution is 2.50. The van der Waals surface area contributed by atoms with Gasteiger partial charge in [-0.1, -0.05) is 60.3 Å². The molecule has 2 N–H and O–H groups in total. The Morgan fingerprint density at radius 2 is 1.42 bits per heavy atom. The van der Waals surface area contributed by atoms with Crippen LogP contribution in [0.1, 0.15) is 21.5 Å². The lowest BCUT2D eigenvalue weighted by atomic mass is 10.0. The second kappa shape index (κ2) is 15.0. The highest BCUT2D eigenvalue weighted by molar-refractivity contribution is 7.99. The first-order valence-electron chi connectivity index (χ1n) is 17.2. The first-order chi connectivity index (χ1) is 26.4. The molecule has 55 heavy (non-hydrogen) atoms. The van der Waals surface area contributed by atoms with E-state index >= 15 is 0 Å². The minimum Gasteiger partial charge on any atom is -0.506 e. The van der Waals surface area contributed by atoms with Crippen LogP contribution in [0.25, 0.3) is 10.8 Å². The van der Waals surface area contributed by atoms with Gasteiger partial charge < -0.3 is 29.7 Å². The van der Waals surface area contributed by atoms with Crippen molar-refractivity contribution in [3.8, 4) is 17.2 Å². The number of rotatable bonds is 9. The zero-order chi connectivity index (χ0) is 39.0. The highest BCUT2D eigenvalue weighted by Gasteiger charge is 2.31. The quantitative estimate of drug-likeness (QED) is 0.108. The maximum atomic E-state index is 13.9. The molecule has 0 unspecified atom stereocenters. The number of nitrogens with one attached hydrogen (secondary N) is 1. The van der Waals surface area contributed by atoms with Crippen molar-refractivity contribution >= 4 is 68.7 Å². The fourth-order valence-corrected chi connectivity index (χ4v) is 7.36. The highest BCUT2D eigenvalue weighted by atomic mass is 32.2. The number of para-hydroxylation sites is 1. The molecule has 1 aliphatic heterocycles. The van der Waals surface area contributed by atoms with Gasteiger partial charge in [0.25, 0.3) is 5.91 Å². The molecule has 0 aliphatic carbocycles. The summed E-state index contributed by atoms with van der Waals surface area (Å²) in [5.41, 5.74) is 4.58. The first-order valence-corrected chi connectivity index (χ1v) is 18.1. The Hall–Kier alpha value is -6.73. The number of nitrogens with zero attached hydrogens (tertiary/aromatic N) is 4. The van der Waals surface area contributed by atoms with E-state index in [1.807, 2.05) is 93.4 Å². The van der Waals surface area contributed by atoms with Crippen molar-refractivity contribution in [1.82, 2.24) is 0 Å². The number of amides is 2. The zero-order valence-corrected chi connectivity index (χ0v) is 31.5. The van der Waals surface area contributed by atoms with Crippen LogP contribution in [-0.4, -0.2) is 50.2 Å². The number of aryl methyl sites for hydroxylation is 1. The van der Waals surface area contributed by atoms with Crippen LogP contribution in [-0.2, 0) is 11.3 Å². The van der Waals surface area contributed by atoms with Crippen LogP contribution >= 0.6 is 11.8 Å². The number of carbonyl (C=O) groups excluding carboxylic acids is 2. The third-order valence-corrected chi connectivity index (χ3v) is 10.3. The van der Waals surface area contributed by atoms with Crippen molar-refractivity contribution in [2.24, 2.45) is 0 Å². The average Bonchev–Trinajstić information content (AvgIpc) is 3.17. The Morgan fingerprint density at radius 1 is 0.800 bits per heavy atom. The Bertz CT molecular complexity index is 2450. The molecule has 0 aromatic heterocycles. The number of hydrogen-bond acceptors (Lipinski definition) is 10. The SMILES string of the molecule is Cc1ccccc1NC(=O)c1cc(Oc2ccc(COC(=O)N3c4ccc(N(C)C)cc4Sc4cc(N(C)C)ccc43)cc2[N+](=O)[O-])c2ccccc2c1O. The summed E-state index contributed by atoms with van der Waals surface area (Å²) < 4.78 is 12.0. The topological polar surface area (TPSA) is 138 Å². The predicted molar refractivity (Wildman–Crippen MR) is 216 cm³/mol. The van der Waals surface area contributed by atoms with Gasteiger partial charge in [-0.05, 0) is 72.6 Å². The third-order valence-electron chi connectivity index (χ3n) is 9.22. The van der Waals surface area contributed by atoms with Gasteiger partial charge in [0.1, 0.15) is 18.1 Å². The van der Waals surface area contributed by atoms with Gasteiger partial charge >= 0.3 is 11.8 Å². The lowest BCUT2D eigenvalue weighted by Gasteiger charge is -2.32. The summed E-state index contributed by atoms with van der Waals surface area (Å²) in [4.78, 5) is 46.4. The lowest BCUT2D eigenvalue weighted by Crippen LogP contribution is -2.29. The van der Waals surface area contributed by atoms with Gasteiger partial charge in [0.05, 0.1) is 21.9 Å². The predicted octanol–water partition coefficient (Wildman–Crippen LogP) is 9.88. The van der Waals surface area contributed by atoms with E-state index in [2.05, 4.69) is 5.32 Å². The number of aromatic hydroxyl groups is 1. The van der Waals surface area contributed by atoms with Gasteiger partial charge in [-0.3, -0.25) is 14.9 Å². The fraction of sp³-hybridized carbons (Fsp3) is 0.143. The largest absolute Gasteiger partial charge is 0.506 e. The van der Waals surface area contributed by atoms with E-state index in [-0.39, 0.29) is 35.1 Å². The third kappa shape index (κ3) is 7.29. The number of phenols is 1. The van der Waals surface area contributed by atoms with Gasteiger partial charge in [0.2, 0.25) is 5.75 Å². The van der Waals surface area contributed by atoms with Gasteiger partial charge in [-0.2, -0.15) is 0 Å². The molecule has 278 valence electrons. The van der Waals surface area contributed by atoms with Crippen molar-refractivity contribution in [2.45, 2.75) is 23.3 Å². The summed E-state index contributed by atoms with van der Waals surface area (Å²) in [6, 6.07) is 31.3. The Labute approximate surface area is 321 Å². The second-order valence-electron chi connectivity index (χ2n) is 13.3. The van der Waals surface area contributed by atoms with Crippen LogP contribution in [0, 0.1) is 17.0 Å². The summed E-state index contributed by atoms with van der Waals surface area (Å²) in [6.45, 7) is 1.59. The molecule has 0 bridgehead atoms. The van der Waals surface area contributed by atoms with E-state index in [0.29, 0.717) is 33.4 Å². The smallest absolute Gasteiger partial charge is 0.419 e. The number of nitro groups is 1. The van der Waals surface area contributed by atoms with Crippen molar-refractivity contribution < 1.29 is 29.1 Å².